The number of hydrogen-bond acceptors (Lipinski definition) is 5. The fraction of sp³-hybridized carbons (Fsp3) is 0.360. The highest BCUT2D eigenvalue weighted by atomic mass is 35.5. The first kappa shape index (κ1) is 22.6. The largest absolute Gasteiger partial charge is 0.481 e. The van der Waals surface area contributed by atoms with Gasteiger partial charge in [0.25, 0.3) is 0 Å². The van der Waals surface area contributed by atoms with Crippen LogP contribution in [0, 0.1) is 18.8 Å². The molecule has 2 fully saturated rings. The quantitative estimate of drug-likeness (QED) is 0.565. The van der Waals surface area contributed by atoms with Crippen LogP contribution in [0.4, 0.5) is 5.69 Å². The summed E-state index contributed by atoms with van der Waals surface area (Å²) in [4.78, 5) is 53.7. The average molecular weight is 482 g/mol. The van der Waals surface area contributed by atoms with E-state index in [9.17, 15) is 24.3 Å². The van der Waals surface area contributed by atoms with Crippen LogP contribution in [0.25, 0.3) is 0 Å². The second-order valence-electron chi connectivity index (χ2n) is 9.25. The van der Waals surface area contributed by atoms with Crippen molar-refractivity contribution in [1.82, 2.24) is 10.2 Å². The summed E-state index contributed by atoms with van der Waals surface area (Å²) in [6.07, 6.45) is -0.0945. The van der Waals surface area contributed by atoms with E-state index in [0.29, 0.717) is 16.3 Å². The molecule has 5 atom stereocenters. The Morgan fingerprint density at radius 2 is 1.88 bits per heavy atom. The number of nitrogens with zero attached hydrogens (tertiary/aromatic N) is 1. The third-order valence-electron chi connectivity index (χ3n) is 7.29. The number of carboxylic acid groups (broad SMARTS) is 1. The Balaban J connectivity index is 1.64. The van der Waals surface area contributed by atoms with E-state index in [1.807, 2.05) is 37.3 Å². The maximum atomic E-state index is 13.9. The number of halogens is 1. The molecule has 3 N–H and O–H groups in total. The van der Waals surface area contributed by atoms with Gasteiger partial charge < -0.3 is 10.4 Å². The van der Waals surface area contributed by atoms with Crippen molar-refractivity contribution in [3.8, 4) is 0 Å². The first-order valence-electron chi connectivity index (χ1n) is 11.2. The second-order valence-corrected chi connectivity index (χ2v) is 9.66. The van der Waals surface area contributed by atoms with Gasteiger partial charge in [0.1, 0.15) is 5.54 Å². The highest BCUT2D eigenvalue weighted by molar-refractivity contribution is 6.35. The number of carboxylic acids is 1. The Morgan fingerprint density at radius 1 is 1.18 bits per heavy atom. The van der Waals surface area contributed by atoms with Gasteiger partial charge in [-0.25, -0.2) is 0 Å². The van der Waals surface area contributed by atoms with Gasteiger partial charge in [-0.05, 0) is 37.5 Å². The molecule has 2 saturated heterocycles. The van der Waals surface area contributed by atoms with Gasteiger partial charge >= 0.3 is 5.97 Å². The fourth-order valence-electron chi connectivity index (χ4n) is 5.81. The highest BCUT2D eigenvalue weighted by Gasteiger charge is 2.71. The molecular formula is C25H24ClN3O5. The summed E-state index contributed by atoms with van der Waals surface area (Å²) in [6.45, 7) is 3.62. The molecule has 0 aromatic heterocycles. The predicted octanol–water partition coefficient (Wildman–Crippen LogP) is 2.99. The lowest BCUT2D eigenvalue weighted by Crippen LogP contribution is -2.53. The van der Waals surface area contributed by atoms with Crippen molar-refractivity contribution in [2.75, 3.05) is 5.32 Å². The molecule has 3 aliphatic rings. The Kier molecular flexibility index (Phi) is 5.26. The molecule has 0 bridgehead atoms. The molecule has 2 aromatic carbocycles. The molecule has 3 amide bonds. The lowest BCUT2D eigenvalue weighted by atomic mass is 9.76. The van der Waals surface area contributed by atoms with Crippen LogP contribution in [0.2, 0.25) is 5.02 Å². The standard InChI is InChI=1S/C25H24ClN3O5/c1-12-10-15-21(16(26)11-12)27-24(34)25(15)20-19(17(28-25)8-9-18(30)31)22(32)29(23(20)33)13(2)14-6-4-3-5-7-14/h3-7,10-11,13,17,19-20,28H,8-9H2,1-2H3,(H,27,34)(H,30,31)/t13-,17-,19-,20-,25-/m1/s1. The van der Waals surface area contributed by atoms with E-state index < -0.39 is 53.1 Å². The maximum absolute atomic E-state index is 13.9. The minimum absolute atomic E-state index is 0.104. The fourth-order valence-corrected chi connectivity index (χ4v) is 6.13. The summed E-state index contributed by atoms with van der Waals surface area (Å²) in [5.74, 6) is -4.19. The lowest BCUT2D eigenvalue weighted by Gasteiger charge is -2.31. The molecule has 1 spiro atoms. The van der Waals surface area contributed by atoms with E-state index in [2.05, 4.69) is 10.6 Å². The summed E-state index contributed by atoms with van der Waals surface area (Å²) in [5, 5.41) is 15.7. The van der Waals surface area contributed by atoms with Crippen molar-refractivity contribution in [2.24, 2.45) is 11.8 Å². The van der Waals surface area contributed by atoms with Gasteiger partial charge in [0.2, 0.25) is 17.7 Å². The number of anilines is 1. The summed E-state index contributed by atoms with van der Waals surface area (Å²) >= 11 is 6.43. The molecule has 0 radical (unpaired) electrons. The summed E-state index contributed by atoms with van der Waals surface area (Å²) in [5.41, 5.74) is 1.03. The van der Waals surface area contributed by atoms with Gasteiger partial charge in [0, 0.05) is 18.0 Å². The predicted molar refractivity (Wildman–Crippen MR) is 124 cm³/mol. The molecule has 5 rings (SSSR count). The minimum Gasteiger partial charge on any atom is -0.481 e. The van der Waals surface area contributed by atoms with Crippen LogP contribution in [-0.4, -0.2) is 39.7 Å². The molecule has 8 nitrogen and oxygen atoms in total. The number of benzene rings is 2. The molecule has 3 aliphatic heterocycles. The third kappa shape index (κ3) is 3.09. The molecule has 0 unspecified atom stereocenters. The topological polar surface area (TPSA) is 116 Å². The Bertz CT molecular complexity index is 1230. The normalized spacial score (nSPS) is 28.3. The van der Waals surface area contributed by atoms with Crippen molar-refractivity contribution in [1.29, 1.82) is 0 Å². The van der Waals surface area contributed by atoms with Crippen molar-refractivity contribution in [3.63, 3.8) is 0 Å². The number of rotatable bonds is 5. The molecular weight excluding hydrogens is 458 g/mol. The lowest BCUT2D eigenvalue weighted by molar-refractivity contribution is -0.145. The molecule has 0 saturated carbocycles. The zero-order valence-electron chi connectivity index (χ0n) is 18.7. The number of likely N-dealkylation sites (tertiary alicyclic amines) is 1. The van der Waals surface area contributed by atoms with E-state index in [1.165, 1.54) is 4.90 Å². The van der Waals surface area contributed by atoms with Gasteiger partial charge in [0.15, 0.2) is 0 Å². The van der Waals surface area contributed by atoms with Crippen molar-refractivity contribution >= 4 is 41.0 Å². The van der Waals surface area contributed by atoms with E-state index >= 15 is 0 Å². The third-order valence-corrected chi connectivity index (χ3v) is 7.59. The number of amides is 3. The maximum Gasteiger partial charge on any atom is 0.303 e. The summed E-state index contributed by atoms with van der Waals surface area (Å²) in [7, 11) is 0. The molecule has 3 heterocycles. The number of fused-ring (bicyclic) bond motifs is 4. The number of aryl methyl sites for hydroxylation is 1. The minimum atomic E-state index is -1.50. The first-order chi connectivity index (χ1) is 16.2. The molecule has 176 valence electrons. The zero-order valence-corrected chi connectivity index (χ0v) is 19.4. The van der Waals surface area contributed by atoms with Crippen LogP contribution in [0.3, 0.4) is 0 Å². The van der Waals surface area contributed by atoms with E-state index in [1.54, 1.807) is 19.1 Å². The number of nitrogens with one attached hydrogen (secondary N) is 2. The van der Waals surface area contributed by atoms with Crippen molar-refractivity contribution in [3.05, 3.63) is 64.2 Å². The summed E-state index contributed by atoms with van der Waals surface area (Å²) < 4.78 is 0. The van der Waals surface area contributed by atoms with Gasteiger partial charge in [-0.3, -0.25) is 29.4 Å². The summed E-state index contributed by atoms with van der Waals surface area (Å²) in [6, 6.07) is 11.5. The van der Waals surface area contributed by atoms with Crippen LogP contribution in [0.1, 0.15) is 42.5 Å². The molecule has 9 heteroatoms. The van der Waals surface area contributed by atoms with Gasteiger partial charge in [-0.2, -0.15) is 0 Å². The number of carbonyl (C=O) groups excluding carboxylic acids is 3. The Labute approximate surface area is 201 Å². The van der Waals surface area contributed by atoms with E-state index in [0.717, 1.165) is 11.1 Å². The van der Waals surface area contributed by atoms with Crippen molar-refractivity contribution in [2.45, 2.75) is 44.3 Å². The van der Waals surface area contributed by atoms with Crippen LogP contribution in [0.5, 0.6) is 0 Å². The smallest absolute Gasteiger partial charge is 0.303 e. The van der Waals surface area contributed by atoms with Crippen LogP contribution in [-0.2, 0) is 24.7 Å². The van der Waals surface area contributed by atoms with Gasteiger partial charge in [0.05, 0.1) is 28.6 Å². The van der Waals surface area contributed by atoms with Crippen molar-refractivity contribution < 1.29 is 24.3 Å². The average Bonchev–Trinajstić information content (AvgIpc) is 3.38. The monoisotopic (exact) mass is 481 g/mol. The van der Waals surface area contributed by atoms with Crippen LogP contribution in [0.15, 0.2) is 42.5 Å². The number of hydrogen-bond donors (Lipinski definition) is 3. The molecule has 0 aliphatic carbocycles. The SMILES string of the molecule is Cc1cc(Cl)c2c(c1)[C@]1(N[C@H](CCC(=O)O)[C@H]3C(=O)N([C@H](C)c4ccccc4)C(=O)[C@@H]31)C(=O)N2. The number of carbonyl (C=O) groups is 4. The molecule has 34 heavy (non-hydrogen) atoms. The Hall–Kier alpha value is -3.23. The zero-order chi connectivity index (χ0) is 24.4. The van der Waals surface area contributed by atoms with E-state index in [4.69, 9.17) is 11.6 Å². The Morgan fingerprint density at radius 3 is 2.56 bits per heavy atom. The van der Waals surface area contributed by atoms with E-state index in [-0.39, 0.29) is 12.8 Å². The van der Waals surface area contributed by atoms with Crippen LogP contribution < -0.4 is 10.6 Å². The number of imide groups is 1. The molecule has 2 aromatic rings. The second kappa shape index (κ2) is 7.92. The highest BCUT2D eigenvalue weighted by Crippen LogP contribution is 2.55. The first-order valence-corrected chi connectivity index (χ1v) is 11.6. The van der Waals surface area contributed by atoms with Crippen LogP contribution >= 0.6 is 11.6 Å². The number of aliphatic carboxylic acids is 1. The van der Waals surface area contributed by atoms with Gasteiger partial charge in [-0.15, -0.1) is 0 Å². The van der Waals surface area contributed by atoms with Gasteiger partial charge in [-0.1, -0.05) is 48.0 Å².